The van der Waals surface area contributed by atoms with Gasteiger partial charge in [0.2, 0.25) is 0 Å². The summed E-state index contributed by atoms with van der Waals surface area (Å²) < 4.78 is 0. The van der Waals surface area contributed by atoms with Crippen LogP contribution < -0.4 is 5.32 Å². The monoisotopic (exact) mass is 300 g/mol. The number of pyridine rings is 1. The maximum atomic E-state index is 12.6. The van der Waals surface area contributed by atoms with Crippen LogP contribution in [0.15, 0.2) is 30.3 Å². The predicted molar refractivity (Wildman–Crippen MR) is 84.9 cm³/mol. The van der Waals surface area contributed by atoms with Gasteiger partial charge in [-0.3, -0.25) is 9.78 Å². The van der Waals surface area contributed by atoms with E-state index in [4.69, 9.17) is 0 Å². The Morgan fingerprint density at radius 2 is 2.00 bits per heavy atom. The van der Waals surface area contributed by atoms with Crippen LogP contribution >= 0.6 is 0 Å². The first kappa shape index (κ1) is 15.9. The van der Waals surface area contributed by atoms with E-state index in [-0.39, 0.29) is 5.91 Å². The topological polar surface area (TPSA) is 79.3 Å². The number of aryl methyl sites for hydroxylation is 1. The molecule has 1 aromatic carbocycles. The van der Waals surface area contributed by atoms with Crippen molar-refractivity contribution in [3.8, 4) is 0 Å². The maximum absolute atomic E-state index is 12.6. The summed E-state index contributed by atoms with van der Waals surface area (Å²) in [5, 5.41) is 12.8. The third kappa shape index (κ3) is 3.08. The number of para-hydroxylation sites is 1. The van der Waals surface area contributed by atoms with Crippen molar-refractivity contribution in [3.63, 3.8) is 0 Å². The number of carbonyl (C=O) groups excluding carboxylic acids is 1. The molecule has 2 rings (SSSR count). The molecule has 1 heterocycles. The second kappa shape index (κ2) is 6.13. The molecule has 0 aliphatic heterocycles. The number of amides is 1. The van der Waals surface area contributed by atoms with Crippen LogP contribution in [0, 0.1) is 6.92 Å². The normalized spacial score (nSPS) is 13.6. The highest BCUT2D eigenvalue weighted by Crippen LogP contribution is 2.20. The number of hydrogen-bond donors (Lipinski definition) is 2. The Balaban J connectivity index is 2.43. The average Bonchev–Trinajstić information content (AvgIpc) is 2.46. The molecule has 5 nitrogen and oxygen atoms in total. The van der Waals surface area contributed by atoms with Gasteiger partial charge in [-0.1, -0.05) is 31.5 Å². The highest BCUT2D eigenvalue weighted by molar-refractivity contribution is 6.07. The Labute approximate surface area is 129 Å². The fraction of sp³-hybridized carbons (Fsp3) is 0.353. The molecule has 0 fully saturated rings. The van der Waals surface area contributed by atoms with E-state index in [2.05, 4.69) is 10.3 Å². The minimum absolute atomic E-state index is 0.371. The standard InChI is InChI=1S/C17H20N2O3/c1-4-9-17(3,16(21)22)19-15(20)13-10-11(2)18-14-8-6-5-7-12(13)14/h5-8,10H,4,9H2,1-3H3,(H,19,20)(H,21,22). The number of rotatable bonds is 5. The molecular weight excluding hydrogens is 280 g/mol. The second-order valence-electron chi connectivity index (χ2n) is 5.67. The number of nitrogens with zero attached hydrogens (tertiary/aromatic N) is 1. The molecule has 1 amide bonds. The summed E-state index contributed by atoms with van der Waals surface area (Å²) in [4.78, 5) is 28.5. The molecule has 0 radical (unpaired) electrons. The van der Waals surface area contributed by atoms with Gasteiger partial charge in [0.25, 0.3) is 5.91 Å². The van der Waals surface area contributed by atoms with Crippen LogP contribution in [-0.4, -0.2) is 27.5 Å². The third-order valence-corrected chi connectivity index (χ3v) is 3.70. The Morgan fingerprint density at radius 3 is 2.64 bits per heavy atom. The third-order valence-electron chi connectivity index (χ3n) is 3.70. The van der Waals surface area contributed by atoms with E-state index in [1.807, 2.05) is 38.1 Å². The van der Waals surface area contributed by atoms with Gasteiger partial charge < -0.3 is 10.4 Å². The van der Waals surface area contributed by atoms with Crippen molar-refractivity contribution in [1.29, 1.82) is 0 Å². The van der Waals surface area contributed by atoms with Gasteiger partial charge in [0.05, 0.1) is 11.1 Å². The zero-order valence-electron chi connectivity index (χ0n) is 13.0. The molecule has 0 bridgehead atoms. The van der Waals surface area contributed by atoms with Crippen LogP contribution in [-0.2, 0) is 4.79 Å². The molecular formula is C17H20N2O3. The van der Waals surface area contributed by atoms with Gasteiger partial charge >= 0.3 is 5.97 Å². The van der Waals surface area contributed by atoms with E-state index in [0.717, 1.165) is 16.6 Å². The van der Waals surface area contributed by atoms with Crippen LogP contribution in [0.2, 0.25) is 0 Å². The van der Waals surface area contributed by atoms with Crippen LogP contribution in [0.5, 0.6) is 0 Å². The molecule has 0 saturated heterocycles. The van der Waals surface area contributed by atoms with Gasteiger partial charge in [0, 0.05) is 11.1 Å². The number of hydrogen-bond acceptors (Lipinski definition) is 3. The van der Waals surface area contributed by atoms with Crippen molar-refractivity contribution >= 4 is 22.8 Å². The highest BCUT2D eigenvalue weighted by atomic mass is 16.4. The Bertz CT molecular complexity index is 727. The minimum atomic E-state index is -1.27. The quantitative estimate of drug-likeness (QED) is 0.890. The van der Waals surface area contributed by atoms with Crippen molar-refractivity contribution < 1.29 is 14.7 Å². The second-order valence-corrected chi connectivity index (χ2v) is 5.67. The Kier molecular flexibility index (Phi) is 4.45. The summed E-state index contributed by atoms with van der Waals surface area (Å²) in [7, 11) is 0. The summed E-state index contributed by atoms with van der Waals surface area (Å²) in [6, 6.07) is 9.02. The first-order valence-corrected chi connectivity index (χ1v) is 7.29. The van der Waals surface area contributed by atoms with Crippen molar-refractivity contribution in [2.24, 2.45) is 0 Å². The lowest BCUT2D eigenvalue weighted by Crippen LogP contribution is -2.52. The number of nitrogens with one attached hydrogen (secondary N) is 1. The summed E-state index contributed by atoms with van der Waals surface area (Å²) in [5.74, 6) is -1.42. The summed E-state index contributed by atoms with van der Waals surface area (Å²) in [6.07, 6.45) is 1.04. The molecule has 116 valence electrons. The Hall–Kier alpha value is -2.43. The van der Waals surface area contributed by atoms with Crippen molar-refractivity contribution in [2.45, 2.75) is 39.2 Å². The number of carbonyl (C=O) groups is 2. The van der Waals surface area contributed by atoms with Crippen LogP contribution in [0.1, 0.15) is 42.7 Å². The Morgan fingerprint density at radius 1 is 1.32 bits per heavy atom. The summed E-state index contributed by atoms with van der Waals surface area (Å²) >= 11 is 0. The summed E-state index contributed by atoms with van der Waals surface area (Å²) in [6.45, 7) is 5.23. The average molecular weight is 300 g/mol. The molecule has 0 aliphatic carbocycles. The van der Waals surface area contributed by atoms with Gasteiger partial charge in [-0.15, -0.1) is 0 Å². The number of fused-ring (bicyclic) bond motifs is 1. The number of aliphatic carboxylic acids is 1. The van der Waals surface area contributed by atoms with Crippen molar-refractivity contribution in [1.82, 2.24) is 10.3 Å². The number of aromatic nitrogens is 1. The first-order chi connectivity index (χ1) is 10.4. The molecule has 0 spiro atoms. The fourth-order valence-electron chi connectivity index (χ4n) is 2.54. The van der Waals surface area contributed by atoms with Gasteiger partial charge in [-0.25, -0.2) is 4.79 Å². The fourth-order valence-corrected chi connectivity index (χ4v) is 2.54. The van der Waals surface area contributed by atoms with Crippen LogP contribution in [0.25, 0.3) is 10.9 Å². The molecule has 22 heavy (non-hydrogen) atoms. The lowest BCUT2D eigenvalue weighted by molar-refractivity contribution is -0.144. The molecule has 2 aromatic rings. The zero-order valence-corrected chi connectivity index (χ0v) is 13.0. The molecule has 1 aromatic heterocycles. The zero-order chi connectivity index (χ0) is 16.3. The molecule has 1 unspecified atom stereocenters. The van der Waals surface area contributed by atoms with Gasteiger partial charge in [-0.05, 0) is 32.4 Å². The first-order valence-electron chi connectivity index (χ1n) is 7.29. The predicted octanol–water partition coefficient (Wildman–Crippen LogP) is 2.92. The minimum Gasteiger partial charge on any atom is -0.480 e. The van der Waals surface area contributed by atoms with Crippen LogP contribution in [0.3, 0.4) is 0 Å². The molecule has 1 atom stereocenters. The lowest BCUT2D eigenvalue weighted by Gasteiger charge is -2.26. The molecule has 0 saturated carbocycles. The van der Waals surface area contributed by atoms with E-state index in [1.165, 1.54) is 6.92 Å². The lowest BCUT2D eigenvalue weighted by atomic mass is 9.95. The van der Waals surface area contributed by atoms with Gasteiger partial charge in [0.1, 0.15) is 5.54 Å². The van der Waals surface area contributed by atoms with Crippen molar-refractivity contribution in [3.05, 3.63) is 41.6 Å². The highest BCUT2D eigenvalue weighted by Gasteiger charge is 2.34. The van der Waals surface area contributed by atoms with E-state index < -0.39 is 11.5 Å². The molecule has 0 aliphatic rings. The maximum Gasteiger partial charge on any atom is 0.329 e. The largest absolute Gasteiger partial charge is 0.480 e. The van der Waals surface area contributed by atoms with Crippen molar-refractivity contribution in [2.75, 3.05) is 0 Å². The van der Waals surface area contributed by atoms with Gasteiger partial charge in [0.15, 0.2) is 0 Å². The number of benzene rings is 1. The number of carboxylic acid groups (broad SMARTS) is 1. The SMILES string of the molecule is CCCC(C)(NC(=O)c1cc(C)nc2ccccc12)C(=O)O. The molecule has 5 heteroatoms. The molecule has 2 N–H and O–H groups in total. The van der Waals surface area contributed by atoms with Gasteiger partial charge in [-0.2, -0.15) is 0 Å². The van der Waals surface area contributed by atoms with Crippen LogP contribution in [0.4, 0.5) is 0 Å². The van der Waals surface area contributed by atoms with E-state index in [0.29, 0.717) is 18.4 Å². The smallest absolute Gasteiger partial charge is 0.329 e. The van der Waals surface area contributed by atoms with E-state index in [9.17, 15) is 14.7 Å². The summed E-state index contributed by atoms with van der Waals surface area (Å²) in [5.41, 5.74) is 0.618. The van der Waals surface area contributed by atoms with E-state index in [1.54, 1.807) is 6.07 Å². The van der Waals surface area contributed by atoms with E-state index >= 15 is 0 Å². The number of carboxylic acids is 1.